The number of aliphatic hydroxyl groups is 1. The van der Waals surface area contributed by atoms with E-state index in [9.17, 15) is 4.79 Å². The van der Waals surface area contributed by atoms with E-state index in [0.717, 1.165) is 19.3 Å². The van der Waals surface area contributed by atoms with Gasteiger partial charge in [0.15, 0.2) is 0 Å². The van der Waals surface area contributed by atoms with Crippen LogP contribution in [0.1, 0.15) is 39.5 Å². The fourth-order valence-corrected chi connectivity index (χ4v) is 1.27. The summed E-state index contributed by atoms with van der Waals surface area (Å²) in [5.41, 5.74) is 5.72. The van der Waals surface area contributed by atoms with E-state index in [2.05, 4.69) is 5.32 Å². The standard InChI is InChI=1S/C10H22N2O2/c1-3-5-8(11)6-10(14)12-9(4-2)7-13/h8-9,13H,3-7,11H2,1-2H3,(H,12,14)/t8?,9-/m0/s1. The molecule has 0 aromatic heterocycles. The number of carbonyl (C=O) groups excluding carboxylic acids is 1. The molecule has 0 aromatic carbocycles. The highest BCUT2D eigenvalue weighted by Crippen LogP contribution is 1.99. The minimum atomic E-state index is -0.128. The Kier molecular flexibility index (Phi) is 7.42. The Morgan fingerprint density at radius 2 is 2.14 bits per heavy atom. The molecule has 0 bridgehead atoms. The molecule has 0 aromatic rings. The third kappa shape index (κ3) is 5.94. The van der Waals surface area contributed by atoms with Gasteiger partial charge in [-0.25, -0.2) is 0 Å². The minimum Gasteiger partial charge on any atom is -0.394 e. The van der Waals surface area contributed by atoms with Crippen molar-refractivity contribution in [1.82, 2.24) is 5.32 Å². The van der Waals surface area contributed by atoms with Crippen LogP contribution in [0.5, 0.6) is 0 Å². The predicted octanol–water partition coefficient (Wildman–Crippen LogP) is 0.391. The van der Waals surface area contributed by atoms with Gasteiger partial charge in [0.25, 0.3) is 0 Å². The topological polar surface area (TPSA) is 75.4 Å². The molecule has 0 aliphatic rings. The van der Waals surface area contributed by atoms with Crippen molar-refractivity contribution in [3.8, 4) is 0 Å². The number of nitrogens with two attached hydrogens (primary N) is 1. The lowest BCUT2D eigenvalue weighted by molar-refractivity contribution is -0.122. The van der Waals surface area contributed by atoms with Crippen molar-refractivity contribution in [2.24, 2.45) is 5.73 Å². The third-order valence-electron chi connectivity index (χ3n) is 2.19. The molecule has 0 rings (SSSR count). The SMILES string of the molecule is CCCC(N)CC(=O)N[C@@H](CC)CO. The Morgan fingerprint density at radius 3 is 2.57 bits per heavy atom. The van der Waals surface area contributed by atoms with Crippen LogP contribution in [0.15, 0.2) is 0 Å². The molecule has 0 aliphatic carbocycles. The van der Waals surface area contributed by atoms with E-state index in [-0.39, 0.29) is 24.6 Å². The summed E-state index contributed by atoms with van der Waals surface area (Å²) in [7, 11) is 0. The molecule has 0 heterocycles. The van der Waals surface area contributed by atoms with Crippen molar-refractivity contribution in [3.05, 3.63) is 0 Å². The number of amides is 1. The van der Waals surface area contributed by atoms with E-state index in [4.69, 9.17) is 10.8 Å². The molecule has 0 aliphatic heterocycles. The van der Waals surface area contributed by atoms with Gasteiger partial charge in [-0.05, 0) is 12.8 Å². The van der Waals surface area contributed by atoms with Crippen LogP contribution >= 0.6 is 0 Å². The Bertz CT molecular complexity index is 158. The van der Waals surface area contributed by atoms with Gasteiger partial charge in [0.1, 0.15) is 0 Å². The van der Waals surface area contributed by atoms with E-state index < -0.39 is 0 Å². The fraction of sp³-hybridized carbons (Fsp3) is 0.900. The predicted molar refractivity (Wildman–Crippen MR) is 56.8 cm³/mol. The minimum absolute atomic E-state index is 0.00867. The second-order valence-electron chi connectivity index (χ2n) is 3.61. The van der Waals surface area contributed by atoms with Crippen LogP contribution in [0.3, 0.4) is 0 Å². The van der Waals surface area contributed by atoms with E-state index in [1.807, 2.05) is 13.8 Å². The molecule has 0 spiro atoms. The lowest BCUT2D eigenvalue weighted by atomic mass is 10.1. The molecule has 0 saturated heterocycles. The van der Waals surface area contributed by atoms with E-state index >= 15 is 0 Å². The summed E-state index contributed by atoms with van der Waals surface area (Å²) in [5, 5.41) is 11.6. The first kappa shape index (κ1) is 13.4. The molecular formula is C10H22N2O2. The molecule has 1 amide bonds. The van der Waals surface area contributed by atoms with Gasteiger partial charge < -0.3 is 16.2 Å². The normalized spacial score (nSPS) is 14.9. The van der Waals surface area contributed by atoms with Crippen LogP contribution in [0.25, 0.3) is 0 Å². The van der Waals surface area contributed by atoms with Crippen molar-refractivity contribution in [1.29, 1.82) is 0 Å². The Labute approximate surface area is 85.9 Å². The summed E-state index contributed by atoms with van der Waals surface area (Å²) < 4.78 is 0. The number of hydrogen-bond donors (Lipinski definition) is 3. The fourth-order valence-electron chi connectivity index (χ4n) is 1.27. The number of rotatable bonds is 7. The Morgan fingerprint density at radius 1 is 1.50 bits per heavy atom. The number of carbonyl (C=O) groups is 1. The lowest BCUT2D eigenvalue weighted by Gasteiger charge is -2.16. The van der Waals surface area contributed by atoms with Crippen molar-refractivity contribution in [2.45, 2.75) is 51.6 Å². The van der Waals surface area contributed by atoms with Crippen molar-refractivity contribution < 1.29 is 9.90 Å². The van der Waals surface area contributed by atoms with E-state index in [1.54, 1.807) is 0 Å². The number of hydrogen-bond acceptors (Lipinski definition) is 3. The van der Waals surface area contributed by atoms with Crippen LogP contribution in [-0.2, 0) is 4.79 Å². The van der Waals surface area contributed by atoms with Crippen LogP contribution in [0.2, 0.25) is 0 Å². The molecule has 14 heavy (non-hydrogen) atoms. The molecule has 84 valence electrons. The smallest absolute Gasteiger partial charge is 0.221 e. The average Bonchev–Trinajstić information content (AvgIpc) is 2.14. The zero-order valence-electron chi connectivity index (χ0n) is 9.12. The van der Waals surface area contributed by atoms with Crippen molar-refractivity contribution >= 4 is 5.91 Å². The van der Waals surface area contributed by atoms with Crippen LogP contribution in [0, 0.1) is 0 Å². The molecular weight excluding hydrogens is 180 g/mol. The van der Waals surface area contributed by atoms with E-state index in [1.165, 1.54) is 0 Å². The monoisotopic (exact) mass is 202 g/mol. The average molecular weight is 202 g/mol. The summed E-state index contributed by atoms with van der Waals surface area (Å²) in [4.78, 5) is 11.4. The van der Waals surface area contributed by atoms with Gasteiger partial charge in [0.05, 0.1) is 12.6 Å². The molecule has 0 fully saturated rings. The maximum Gasteiger partial charge on any atom is 0.221 e. The van der Waals surface area contributed by atoms with Crippen LogP contribution < -0.4 is 11.1 Å². The quantitative estimate of drug-likeness (QED) is 0.559. The maximum atomic E-state index is 11.4. The highest BCUT2D eigenvalue weighted by Gasteiger charge is 2.12. The van der Waals surface area contributed by atoms with Gasteiger partial charge in [-0.3, -0.25) is 4.79 Å². The van der Waals surface area contributed by atoms with Crippen LogP contribution in [0.4, 0.5) is 0 Å². The first-order valence-electron chi connectivity index (χ1n) is 5.29. The zero-order valence-corrected chi connectivity index (χ0v) is 9.12. The van der Waals surface area contributed by atoms with Gasteiger partial charge in [0, 0.05) is 12.5 Å². The maximum absolute atomic E-state index is 11.4. The highest BCUT2D eigenvalue weighted by molar-refractivity contribution is 5.76. The largest absolute Gasteiger partial charge is 0.394 e. The number of aliphatic hydroxyl groups excluding tert-OH is 1. The highest BCUT2D eigenvalue weighted by atomic mass is 16.3. The lowest BCUT2D eigenvalue weighted by Crippen LogP contribution is -2.39. The Hall–Kier alpha value is -0.610. The van der Waals surface area contributed by atoms with Crippen molar-refractivity contribution in [2.75, 3.05) is 6.61 Å². The van der Waals surface area contributed by atoms with Gasteiger partial charge in [-0.15, -0.1) is 0 Å². The first-order valence-corrected chi connectivity index (χ1v) is 5.29. The molecule has 0 radical (unpaired) electrons. The zero-order chi connectivity index (χ0) is 11.0. The van der Waals surface area contributed by atoms with Gasteiger partial charge in [0.2, 0.25) is 5.91 Å². The first-order chi connectivity index (χ1) is 6.63. The summed E-state index contributed by atoms with van der Waals surface area (Å²) in [6, 6.07) is -0.187. The van der Waals surface area contributed by atoms with Gasteiger partial charge in [-0.1, -0.05) is 20.3 Å². The van der Waals surface area contributed by atoms with Crippen LogP contribution in [-0.4, -0.2) is 29.7 Å². The Balaban J connectivity index is 3.73. The molecule has 4 nitrogen and oxygen atoms in total. The molecule has 4 N–H and O–H groups in total. The third-order valence-corrected chi connectivity index (χ3v) is 2.19. The second kappa shape index (κ2) is 7.76. The van der Waals surface area contributed by atoms with Gasteiger partial charge >= 0.3 is 0 Å². The summed E-state index contributed by atoms with van der Waals surface area (Å²) in [6.07, 6.45) is 2.95. The molecule has 2 atom stereocenters. The van der Waals surface area contributed by atoms with E-state index in [0.29, 0.717) is 6.42 Å². The molecule has 1 unspecified atom stereocenters. The number of nitrogens with one attached hydrogen (secondary N) is 1. The molecule has 0 saturated carbocycles. The van der Waals surface area contributed by atoms with Crippen molar-refractivity contribution in [3.63, 3.8) is 0 Å². The molecule has 4 heteroatoms. The summed E-state index contributed by atoms with van der Waals surface area (Å²) in [6.45, 7) is 3.96. The van der Waals surface area contributed by atoms with Gasteiger partial charge in [-0.2, -0.15) is 0 Å². The summed E-state index contributed by atoms with van der Waals surface area (Å²) in [5.74, 6) is -0.0631. The summed E-state index contributed by atoms with van der Waals surface area (Å²) >= 11 is 0. The second-order valence-corrected chi connectivity index (χ2v) is 3.61.